The molecule has 0 bridgehead atoms. The molecule has 2 aliphatic heterocycles. The fraction of sp³-hybridized carbons (Fsp3) is 0.708. The number of ether oxygens (including phenoxy) is 2. The third-order valence-corrected chi connectivity index (χ3v) is 7.58. The number of amides is 1. The van der Waals surface area contributed by atoms with Gasteiger partial charge in [-0.05, 0) is 25.0 Å². The van der Waals surface area contributed by atoms with E-state index in [1.165, 1.54) is 42.7 Å². The van der Waals surface area contributed by atoms with Gasteiger partial charge in [0, 0.05) is 24.6 Å². The van der Waals surface area contributed by atoms with Crippen molar-refractivity contribution in [3.05, 3.63) is 24.3 Å². The molecule has 3 aliphatic rings. The quantitative estimate of drug-likeness (QED) is 0.525. The number of quaternary nitrogens is 2. The summed E-state index contributed by atoms with van der Waals surface area (Å²) < 4.78 is 10.9. The Morgan fingerprint density at radius 1 is 1.13 bits per heavy atom. The summed E-state index contributed by atoms with van der Waals surface area (Å²) in [5.41, 5.74) is 1.42. The number of methoxy groups -OCH3 is 1. The second-order valence-corrected chi connectivity index (χ2v) is 9.45. The smallest absolute Gasteiger partial charge is 0.275 e. The zero-order chi connectivity index (χ0) is 21.5. The van der Waals surface area contributed by atoms with Crippen LogP contribution in [-0.2, 0) is 9.53 Å². The highest BCUT2D eigenvalue weighted by Gasteiger charge is 2.42. The lowest BCUT2D eigenvalue weighted by Gasteiger charge is -2.45. The van der Waals surface area contributed by atoms with E-state index in [-0.39, 0.29) is 11.4 Å². The average Bonchev–Trinajstić information content (AvgIpc) is 2.84. The van der Waals surface area contributed by atoms with Gasteiger partial charge in [-0.2, -0.15) is 0 Å². The van der Waals surface area contributed by atoms with Crippen molar-refractivity contribution in [3.63, 3.8) is 0 Å². The van der Waals surface area contributed by atoms with Crippen LogP contribution < -0.4 is 24.8 Å². The van der Waals surface area contributed by atoms with Crippen molar-refractivity contribution < 1.29 is 24.1 Å². The molecule has 2 heterocycles. The van der Waals surface area contributed by atoms with Crippen LogP contribution in [0.5, 0.6) is 5.75 Å². The number of anilines is 1. The van der Waals surface area contributed by atoms with E-state index in [9.17, 15) is 4.79 Å². The number of carbonyl (C=O) groups is 1. The fourth-order valence-corrected chi connectivity index (χ4v) is 5.65. The van der Waals surface area contributed by atoms with E-state index in [0.717, 1.165) is 64.8 Å². The standard InChI is InChI=1S/C24H38N4O3/c1-30-22-7-5-6-21(18-22)27-12-10-26(11-13-27)19-23(29)25-20-24(8-3-2-4-9-24)28-14-16-31-17-15-28/h5-7,18H,2-4,8-17,19-20H2,1H3,(H,25,29)/p+2. The minimum absolute atomic E-state index is 0.211. The number of piperazine rings is 1. The van der Waals surface area contributed by atoms with Gasteiger partial charge < -0.3 is 29.5 Å². The first-order valence-corrected chi connectivity index (χ1v) is 12.1. The molecule has 3 fully saturated rings. The zero-order valence-electron chi connectivity index (χ0n) is 19.1. The molecule has 3 N–H and O–H groups in total. The Morgan fingerprint density at radius 3 is 2.58 bits per heavy atom. The SMILES string of the molecule is COc1cccc(N2CC[NH+](CC(=O)NCC3([NH+]4CCOCC4)CCCCC3)CC2)c1. The number of carbonyl (C=O) groups excluding carboxylic acids is 1. The number of hydrogen-bond donors (Lipinski definition) is 3. The van der Waals surface area contributed by atoms with Gasteiger partial charge in [-0.25, -0.2) is 0 Å². The Kier molecular flexibility index (Phi) is 7.69. The second kappa shape index (κ2) is 10.7. The Balaban J connectivity index is 1.25. The van der Waals surface area contributed by atoms with Gasteiger partial charge in [0.15, 0.2) is 6.54 Å². The van der Waals surface area contributed by atoms with Crippen LogP contribution in [0.2, 0.25) is 0 Å². The second-order valence-electron chi connectivity index (χ2n) is 9.45. The molecular formula is C24H40N4O3+2. The van der Waals surface area contributed by atoms with Crippen LogP contribution in [0.25, 0.3) is 0 Å². The summed E-state index contributed by atoms with van der Waals surface area (Å²) in [6.45, 7) is 9.19. The molecule has 0 radical (unpaired) electrons. The summed E-state index contributed by atoms with van der Waals surface area (Å²) in [4.78, 5) is 18.2. The third kappa shape index (κ3) is 5.70. The van der Waals surface area contributed by atoms with Crippen molar-refractivity contribution in [1.82, 2.24) is 5.32 Å². The van der Waals surface area contributed by atoms with Crippen molar-refractivity contribution in [1.29, 1.82) is 0 Å². The molecule has 1 aromatic rings. The number of hydrogen-bond acceptors (Lipinski definition) is 4. The molecule has 0 unspecified atom stereocenters. The molecule has 0 atom stereocenters. The van der Waals surface area contributed by atoms with E-state index in [1.807, 2.05) is 12.1 Å². The summed E-state index contributed by atoms with van der Waals surface area (Å²) >= 11 is 0. The molecule has 31 heavy (non-hydrogen) atoms. The monoisotopic (exact) mass is 432 g/mol. The van der Waals surface area contributed by atoms with Gasteiger partial charge in [0.25, 0.3) is 5.91 Å². The van der Waals surface area contributed by atoms with Crippen LogP contribution in [0.3, 0.4) is 0 Å². The van der Waals surface area contributed by atoms with Crippen molar-refractivity contribution in [2.45, 2.75) is 37.6 Å². The molecule has 0 aromatic heterocycles. The molecule has 1 amide bonds. The topological polar surface area (TPSA) is 59.7 Å². The molecular weight excluding hydrogens is 392 g/mol. The van der Waals surface area contributed by atoms with Crippen molar-refractivity contribution in [3.8, 4) is 5.75 Å². The summed E-state index contributed by atoms with van der Waals surface area (Å²) in [5, 5.41) is 3.34. The number of nitrogens with zero attached hydrogens (tertiary/aromatic N) is 1. The van der Waals surface area contributed by atoms with Crippen molar-refractivity contribution >= 4 is 11.6 Å². The summed E-state index contributed by atoms with van der Waals surface area (Å²) in [5.74, 6) is 1.10. The van der Waals surface area contributed by atoms with Gasteiger partial charge in [0.2, 0.25) is 0 Å². The largest absolute Gasteiger partial charge is 0.497 e. The molecule has 1 aliphatic carbocycles. The highest BCUT2D eigenvalue weighted by atomic mass is 16.5. The molecule has 1 saturated carbocycles. The van der Waals surface area contributed by atoms with Crippen LogP contribution in [0, 0.1) is 0 Å². The highest BCUT2D eigenvalue weighted by molar-refractivity contribution is 5.76. The van der Waals surface area contributed by atoms with E-state index in [1.54, 1.807) is 12.0 Å². The maximum absolute atomic E-state index is 12.8. The summed E-state index contributed by atoms with van der Waals surface area (Å²) in [6, 6.07) is 8.25. The van der Waals surface area contributed by atoms with Gasteiger partial charge >= 0.3 is 0 Å². The Hall–Kier alpha value is -1.83. The maximum Gasteiger partial charge on any atom is 0.275 e. The minimum Gasteiger partial charge on any atom is -0.497 e. The first-order chi connectivity index (χ1) is 15.2. The van der Waals surface area contributed by atoms with Gasteiger partial charge in [0.1, 0.15) is 24.4 Å². The summed E-state index contributed by atoms with van der Waals surface area (Å²) in [6.07, 6.45) is 6.37. The highest BCUT2D eigenvalue weighted by Crippen LogP contribution is 2.25. The van der Waals surface area contributed by atoms with Crippen LogP contribution >= 0.6 is 0 Å². The summed E-state index contributed by atoms with van der Waals surface area (Å²) in [7, 11) is 1.71. The van der Waals surface area contributed by atoms with Crippen LogP contribution in [0.4, 0.5) is 5.69 Å². The molecule has 1 aromatic carbocycles. The first-order valence-electron chi connectivity index (χ1n) is 12.1. The van der Waals surface area contributed by atoms with E-state index in [4.69, 9.17) is 9.47 Å². The Bertz CT molecular complexity index is 709. The number of benzene rings is 1. The predicted molar refractivity (Wildman–Crippen MR) is 121 cm³/mol. The van der Waals surface area contributed by atoms with Crippen molar-refractivity contribution in [2.75, 3.05) is 77.6 Å². The van der Waals surface area contributed by atoms with Gasteiger partial charge in [0.05, 0.1) is 53.0 Å². The minimum atomic E-state index is 0.211. The lowest BCUT2D eigenvalue weighted by atomic mass is 9.79. The Labute approximate surface area is 186 Å². The maximum atomic E-state index is 12.8. The molecule has 7 heteroatoms. The van der Waals surface area contributed by atoms with Crippen LogP contribution in [-0.4, -0.2) is 84.1 Å². The van der Waals surface area contributed by atoms with Crippen molar-refractivity contribution in [2.24, 2.45) is 0 Å². The normalized spacial score (nSPS) is 22.8. The zero-order valence-corrected chi connectivity index (χ0v) is 19.1. The molecule has 172 valence electrons. The van der Waals surface area contributed by atoms with E-state index >= 15 is 0 Å². The number of morpholine rings is 1. The lowest BCUT2D eigenvalue weighted by molar-refractivity contribution is -0.960. The van der Waals surface area contributed by atoms with Gasteiger partial charge in [-0.1, -0.05) is 12.5 Å². The van der Waals surface area contributed by atoms with Gasteiger partial charge in [-0.3, -0.25) is 4.79 Å². The molecule has 0 spiro atoms. The lowest BCUT2D eigenvalue weighted by Crippen LogP contribution is -3.23. The van der Waals surface area contributed by atoms with E-state index in [0.29, 0.717) is 6.54 Å². The van der Waals surface area contributed by atoms with E-state index in [2.05, 4.69) is 22.3 Å². The Morgan fingerprint density at radius 2 is 1.87 bits per heavy atom. The number of rotatable bonds is 7. The molecule has 7 nitrogen and oxygen atoms in total. The third-order valence-electron chi connectivity index (χ3n) is 7.58. The predicted octanol–water partition coefficient (Wildman–Crippen LogP) is -0.866. The fourth-order valence-electron chi connectivity index (χ4n) is 5.65. The molecule has 4 rings (SSSR count). The molecule has 2 saturated heterocycles. The van der Waals surface area contributed by atoms with Gasteiger partial charge in [-0.15, -0.1) is 0 Å². The number of nitrogens with one attached hydrogen (secondary N) is 3. The van der Waals surface area contributed by atoms with Crippen LogP contribution in [0.1, 0.15) is 32.1 Å². The average molecular weight is 433 g/mol. The van der Waals surface area contributed by atoms with Crippen LogP contribution in [0.15, 0.2) is 24.3 Å². The van der Waals surface area contributed by atoms with E-state index < -0.39 is 0 Å². The first kappa shape index (κ1) is 22.4.